The molecule has 1 heterocycles. The number of hydrogen-bond acceptors (Lipinski definition) is 3. The molecule has 0 radical (unpaired) electrons. The van der Waals surface area contributed by atoms with Crippen molar-refractivity contribution in [3.63, 3.8) is 0 Å². The molecule has 1 aromatic rings. The monoisotopic (exact) mass is 297 g/mol. The SMILES string of the molecule is CC(C)Cc1cc(C(F)(F)F)ncc1C(=O)OC(F)F. The molecule has 20 heavy (non-hydrogen) atoms. The standard InChI is InChI=1S/C12H12F5NO2/c1-6(2)3-7-4-9(12(15,16)17)18-5-8(7)10(19)20-11(13)14/h4-6,11H,3H2,1-2H3. The third-order valence-corrected chi connectivity index (χ3v) is 2.32. The number of carbonyl (C=O) groups excluding carboxylic acids is 1. The van der Waals surface area contributed by atoms with Gasteiger partial charge in [-0.1, -0.05) is 13.8 Å². The number of hydrogen-bond donors (Lipinski definition) is 0. The smallest absolute Gasteiger partial charge is 0.399 e. The first-order valence-electron chi connectivity index (χ1n) is 5.66. The Morgan fingerprint density at radius 3 is 2.40 bits per heavy atom. The molecule has 8 heteroatoms. The molecule has 0 aliphatic carbocycles. The van der Waals surface area contributed by atoms with Crippen LogP contribution in [0.15, 0.2) is 12.3 Å². The van der Waals surface area contributed by atoms with Crippen LogP contribution in [0, 0.1) is 5.92 Å². The van der Waals surface area contributed by atoms with E-state index in [0.717, 1.165) is 0 Å². The fourth-order valence-electron chi connectivity index (χ4n) is 1.59. The second-order valence-corrected chi connectivity index (χ2v) is 4.49. The van der Waals surface area contributed by atoms with Crippen LogP contribution in [0.3, 0.4) is 0 Å². The van der Waals surface area contributed by atoms with Gasteiger partial charge >= 0.3 is 18.8 Å². The van der Waals surface area contributed by atoms with Gasteiger partial charge in [-0.15, -0.1) is 0 Å². The van der Waals surface area contributed by atoms with Crippen LogP contribution in [-0.2, 0) is 17.3 Å². The minimum absolute atomic E-state index is 0.0204. The molecule has 0 spiro atoms. The Hall–Kier alpha value is -1.73. The van der Waals surface area contributed by atoms with Crippen LogP contribution in [0.25, 0.3) is 0 Å². The number of nitrogens with zero attached hydrogens (tertiary/aromatic N) is 1. The molecule has 0 fully saturated rings. The molecule has 0 amide bonds. The van der Waals surface area contributed by atoms with Crippen LogP contribution < -0.4 is 0 Å². The van der Waals surface area contributed by atoms with Gasteiger partial charge in [0.25, 0.3) is 0 Å². The molecular formula is C12H12F5NO2. The van der Waals surface area contributed by atoms with Gasteiger partial charge in [0.15, 0.2) is 0 Å². The van der Waals surface area contributed by atoms with E-state index in [2.05, 4.69) is 9.72 Å². The van der Waals surface area contributed by atoms with E-state index in [1.165, 1.54) is 0 Å². The second-order valence-electron chi connectivity index (χ2n) is 4.49. The van der Waals surface area contributed by atoms with Crippen molar-refractivity contribution in [1.82, 2.24) is 4.98 Å². The minimum Gasteiger partial charge on any atom is -0.399 e. The van der Waals surface area contributed by atoms with E-state index in [0.29, 0.717) is 12.3 Å². The number of aromatic nitrogens is 1. The average Bonchev–Trinajstić information content (AvgIpc) is 2.25. The number of esters is 1. The molecular weight excluding hydrogens is 285 g/mol. The number of alkyl halides is 5. The van der Waals surface area contributed by atoms with Gasteiger partial charge in [0, 0.05) is 6.20 Å². The summed E-state index contributed by atoms with van der Waals surface area (Å²) < 4.78 is 65.3. The Morgan fingerprint density at radius 2 is 1.95 bits per heavy atom. The molecule has 0 atom stereocenters. The van der Waals surface area contributed by atoms with E-state index >= 15 is 0 Å². The summed E-state index contributed by atoms with van der Waals surface area (Å²) in [6.45, 7) is 0.0999. The molecule has 0 saturated carbocycles. The molecule has 0 aromatic carbocycles. The third-order valence-electron chi connectivity index (χ3n) is 2.32. The molecule has 0 bridgehead atoms. The highest BCUT2D eigenvalue weighted by atomic mass is 19.4. The zero-order valence-electron chi connectivity index (χ0n) is 10.7. The fraction of sp³-hybridized carbons (Fsp3) is 0.500. The van der Waals surface area contributed by atoms with Crippen LogP contribution in [0.1, 0.15) is 35.5 Å². The van der Waals surface area contributed by atoms with E-state index in [9.17, 15) is 26.7 Å². The van der Waals surface area contributed by atoms with Crippen molar-refractivity contribution < 1.29 is 31.5 Å². The lowest BCUT2D eigenvalue weighted by atomic mass is 9.98. The molecule has 1 rings (SSSR count). The van der Waals surface area contributed by atoms with E-state index in [1.54, 1.807) is 13.8 Å². The lowest BCUT2D eigenvalue weighted by Crippen LogP contribution is -2.16. The Bertz CT molecular complexity index is 485. The summed E-state index contributed by atoms with van der Waals surface area (Å²) in [4.78, 5) is 14.5. The summed E-state index contributed by atoms with van der Waals surface area (Å²) in [5, 5.41) is 0. The maximum absolute atomic E-state index is 12.5. The van der Waals surface area contributed by atoms with Gasteiger partial charge in [-0.25, -0.2) is 4.79 Å². The normalized spacial score (nSPS) is 12.1. The Kier molecular flexibility index (Phi) is 5.02. The van der Waals surface area contributed by atoms with Gasteiger partial charge in [-0.2, -0.15) is 22.0 Å². The number of ether oxygens (including phenoxy) is 1. The van der Waals surface area contributed by atoms with Crippen LogP contribution in [-0.4, -0.2) is 17.6 Å². The van der Waals surface area contributed by atoms with Gasteiger partial charge in [0.05, 0.1) is 5.56 Å². The van der Waals surface area contributed by atoms with Crippen molar-refractivity contribution in [3.05, 3.63) is 29.1 Å². The number of carbonyl (C=O) groups is 1. The summed E-state index contributed by atoms with van der Waals surface area (Å²) >= 11 is 0. The van der Waals surface area contributed by atoms with E-state index in [1.807, 2.05) is 0 Å². The molecule has 112 valence electrons. The first-order valence-corrected chi connectivity index (χ1v) is 5.66. The third kappa shape index (κ3) is 4.43. The van der Waals surface area contributed by atoms with Crippen molar-refractivity contribution in [1.29, 1.82) is 0 Å². The first kappa shape index (κ1) is 16.3. The molecule has 0 N–H and O–H groups in total. The predicted molar refractivity (Wildman–Crippen MR) is 59.2 cm³/mol. The molecule has 0 saturated heterocycles. The van der Waals surface area contributed by atoms with E-state index in [-0.39, 0.29) is 23.5 Å². The highest BCUT2D eigenvalue weighted by molar-refractivity contribution is 5.90. The second kappa shape index (κ2) is 6.15. The summed E-state index contributed by atoms with van der Waals surface area (Å²) in [7, 11) is 0. The quantitative estimate of drug-likeness (QED) is 0.628. The Balaban J connectivity index is 3.20. The highest BCUT2D eigenvalue weighted by Gasteiger charge is 2.33. The van der Waals surface area contributed by atoms with Crippen molar-refractivity contribution >= 4 is 5.97 Å². The van der Waals surface area contributed by atoms with Crippen LogP contribution >= 0.6 is 0 Å². The Morgan fingerprint density at radius 1 is 1.35 bits per heavy atom. The van der Waals surface area contributed by atoms with Crippen molar-refractivity contribution in [2.45, 2.75) is 33.1 Å². The topological polar surface area (TPSA) is 39.2 Å². The zero-order chi connectivity index (χ0) is 15.5. The van der Waals surface area contributed by atoms with Gasteiger partial charge in [0.2, 0.25) is 0 Å². The van der Waals surface area contributed by atoms with Gasteiger partial charge in [0.1, 0.15) is 5.69 Å². The maximum Gasteiger partial charge on any atom is 0.433 e. The molecule has 3 nitrogen and oxygen atoms in total. The molecule has 0 aliphatic rings. The highest BCUT2D eigenvalue weighted by Crippen LogP contribution is 2.29. The number of pyridine rings is 1. The molecule has 0 aliphatic heterocycles. The van der Waals surface area contributed by atoms with E-state index in [4.69, 9.17) is 0 Å². The zero-order valence-corrected chi connectivity index (χ0v) is 10.7. The fourth-order valence-corrected chi connectivity index (χ4v) is 1.59. The average molecular weight is 297 g/mol. The Labute approximate surface area is 111 Å². The van der Waals surface area contributed by atoms with E-state index < -0.39 is 24.5 Å². The van der Waals surface area contributed by atoms with Crippen molar-refractivity contribution in [2.75, 3.05) is 0 Å². The van der Waals surface area contributed by atoms with Crippen molar-refractivity contribution in [3.8, 4) is 0 Å². The molecule has 0 unspecified atom stereocenters. The lowest BCUT2D eigenvalue weighted by molar-refractivity contribution is -0.141. The van der Waals surface area contributed by atoms with Gasteiger partial charge in [-0.05, 0) is 24.0 Å². The van der Waals surface area contributed by atoms with Gasteiger partial charge < -0.3 is 4.74 Å². The van der Waals surface area contributed by atoms with Crippen LogP contribution in [0.5, 0.6) is 0 Å². The number of rotatable bonds is 4. The van der Waals surface area contributed by atoms with Gasteiger partial charge in [-0.3, -0.25) is 4.98 Å². The predicted octanol–water partition coefficient (Wildman–Crippen LogP) is 3.68. The minimum atomic E-state index is -4.67. The molecule has 1 aromatic heterocycles. The summed E-state index contributed by atoms with van der Waals surface area (Å²) in [6.07, 6.45) is -3.94. The van der Waals surface area contributed by atoms with Crippen LogP contribution in [0.2, 0.25) is 0 Å². The van der Waals surface area contributed by atoms with Crippen molar-refractivity contribution in [2.24, 2.45) is 5.92 Å². The van der Waals surface area contributed by atoms with Crippen LogP contribution in [0.4, 0.5) is 22.0 Å². The summed E-state index contributed by atoms with van der Waals surface area (Å²) in [6, 6.07) is 0.683. The maximum atomic E-state index is 12.5. The number of halogens is 5. The summed E-state index contributed by atoms with van der Waals surface area (Å²) in [5.41, 5.74) is -1.58. The largest absolute Gasteiger partial charge is 0.433 e. The summed E-state index contributed by atoms with van der Waals surface area (Å²) in [5.74, 6) is -1.46. The first-order chi connectivity index (χ1) is 9.11. The lowest BCUT2D eigenvalue weighted by Gasteiger charge is -2.13.